The number of hydrogen-bond donors (Lipinski definition) is 1. The summed E-state index contributed by atoms with van der Waals surface area (Å²) < 4.78 is 25.7. The first-order valence-electron chi connectivity index (χ1n) is 5.48. The Morgan fingerprint density at radius 3 is 2.53 bits per heavy atom. The maximum Gasteiger partial charge on any atom is 0.406 e. The molecule has 108 valence electrons. The van der Waals surface area contributed by atoms with Gasteiger partial charge in [-0.05, 0) is 9.91 Å². The van der Waals surface area contributed by atoms with E-state index in [1.165, 1.54) is 18.7 Å². The van der Waals surface area contributed by atoms with Crippen molar-refractivity contribution in [2.75, 3.05) is 31.7 Å². The molecule has 0 aliphatic rings. The van der Waals surface area contributed by atoms with Crippen LogP contribution in [-0.2, 0) is 17.1 Å². The molecule has 19 heavy (non-hydrogen) atoms. The zero-order chi connectivity index (χ0) is 14.8. The molecular weight excluding hydrogens is 274 g/mol. The summed E-state index contributed by atoms with van der Waals surface area (Å²) in [7, 11) is 1.16. The van der Waals surface area contributed by atoms with Gasteiger partial charge >= 0.3 is 5.82 Å². The van der Waals surface area contributed by atoms with Gasteiger partial charge in [0, 0.05) is 34.6 Å². The molecule has 10 heteroatoms. The molecule has 0 bridgehead atoms. The Balaban J connectivity index is 2.82. The lowest BCUT2D eigenvalue weighted by molar-refractivity contribution is -0.388. The quantitative estimate of drug-likeness (QED) is 0.580. The van der Waals surface area contributed by atoms with Crippen molar-refractivity contribution >= 4 is 21.7 Å². The lowest BCUT2D eigenvalue weighted by Gasteiger charge is -2.12. The SMILES string of the molecule is Cc1nc([N+](=O)[O-])c(NCCS(=O)(=O)N(C)C)n1C. The normalized spacial score (nSPS) is 11.8. The van der Waals surface area contributed by atoms with Gasteiger partial charge in [-0.1, -0.05) is 0 Å². The molecule has 0 unspecified atom stereocenters. The van der Waals surface area contributed by atoms with E-state index < -0.39 is 14.9 Å². The fourth-order valence-electron chi connectivity index (χ4n) is 1.40. The summed E-state index contributed by atoms with van der Waals surface area (Å²) in [4.78, 5) is 14.0. The van der Waals surface area contributed by atoms with Crippen LogP contribution in [0.15, 0.2) is 0 Å². The summed E-state index contributed by atoms with van der Waals surface area (Å²) in [6, 6.07) is 0. The zero-order valence-corrected chi connectivity index (χ0v) is 12.1. The summed E-state index contributed by atoms with van der Waals surface area (Å²) in [5.41, 5.74) is 0. The van der Waals surface area contributed by atoms with Crippen LogP contribution in [0.2, 0.25) is 0 Å². The third-order valence-corrected chi connectivity index (χ3v) is 4.51. The molecule has 1 heterocycles. The van der Waals surface area contributed by atoms with Gasteiger partial charge in [0.25, 0.3) is 0 Å². The van der Waals surface area contributed by atoms with Crippen LogP contribution < -0.4 is 5.32 Å². The van der Waals surface area contributed by atoms with E-state index in [9.17, 15) is 18.5 Å². The second kappa shape index (κ2) is 5.53. The van der Waals surface area contributed by atoms with E-state index in [0.29, 0.717) is 5.82 Å². The number of nitrogens with one attached hydrogen (secondary N) is 1. The molecule has 0 aliphatic heterocycles. The largest absolute Gasteiger partial charge is 0.406 e. The second-order valence-corrected chi connectivity index (χ2v) is 6.47. The summed E-state index contributed by atoms with van der Waals surface area (Å²) in [6.07, 6.45) is 0. The highest BCUT2D eigenvalue weighted by Gasteiger charge is 2.23. The Morgan fingerprint density at radius 2 is 2.05 bits per heavy atom. The minimum absolute atomic E-state index is 0.0698. The Kier molecular flexibility index (Phi) is 4.48. The smallest absolute Gasteiger partial charge is 0.363 e. The Bertz CT molecular complexity index is 578. The Morgan fingerprint density at radius 1 is 1.47 bits per heavy atom. The highest BCUT2D eigenvalue weighted by molar-refractivity contribution is 7.89. The summed E-state index contributed by atoms with van der Waals surface area (Å²) in [5, 5.41) is 13.6. The van der Waals surface area contributed by atoms with E-state index in [-0.39, 0.29) is 23.9 Å². The first-order valence-corrected chi connectivity index (χ1v) is 7.09. The van der Waals surface area contributed by atoms with Crippen molar-refractivity contribution in [3.8, 4) is 0 Å². The molecule has 1 rings (SSSR count). The molecule has 1 aromatic rings. The van der Waals surface area contributed by atoms with Crippen LogP contribution in [0.5, 0.6) is 0 Å². The Hall–Kier alpha value is -1.68. The highest BCUT2D eigenvalue weighted by Crippen LogP contribution is 2.23. The van der Waals surface area contributed by atoms with Gasteiger partial charge in [-0.2, -0.15) is 0 Å². The number of anilines is 1. The summed E-state index contributed by atoms with van der Waals surface area (Å²) >= 11 is 0. The number of sulfonamides is 1. The molecule has 0 radical (unpaired) electrons. The molecule has 0 fully saturated rings. The van der Waals surface area contributed by atoms with E-state index in [2.05, 4.69) is 10.3 Å². The first kappa shape index (κ1) is 15.4. The fraction of sp³-hybridized carbons (Fsp3) is 0.667. The van der Waals surface area contributed by atoms with Crippen molar-refractivity contribution in [2.24, 2.45) is 7.05 Å². The lowest BCUT2D eigenvalue weighted by atomic mass is 10.6. The first-order chi connectivity index (χ1) is 8.66. The Labute approximate surface area is 111 Å². The van der Waals surface area contributed by atoms with Crippen molar-refractivity contribution in [3.63, 3.8) is 0 Å². The minimum atomic E-state index is -3.34. The van der Waals surface area contributed by atoms with Crippen LogP contribution in [0.4, 0.5) is 11.6 Å². The standard InChI is InChI=1S/C9H17N5O4S/c1-7-11-9(14(15)16)8(13(7)4)10-5-6-19(17,18)12(2)3/h10H,5-6H2,1-4H3. The minimum Gasteiger partial charge on any atom is -0.363 e. The third kappa shape index (κ3) is 3.41. The second-order valence-electron chi connectivity index (χ2n) is 4.17. The molecule has 0 aliphatic carbocycles. The van der Waals surface area contributed by atoms with Crippen LogP contribution in [0.25, 0.3) is 0 Å². The molecular formula is C9H17N5O4S. The molecule has 1 aromatic heterocycles. The van der Waals surface area contributed by atoms with Crippen molar-refractivity contribution in [3.05, 3.63) is 15.9 Å². The number of imidazole rings is 1. The van der Waals surface area contributed by atoms with E-state index in [4.69, 9.17) is 0 Å². The maximum atomic E-state index is 11.6. The third-order valence-electron chi connectivity index (χ3n) is 2.68. The van der Waals surface area contributed by atoms with Gasteiger partial charge in [0.2, 0.25) is 21.7 Å². The molecule has 0 atom stereocenters. The van der Waals surface area contributed by atoms with E-state index in [0.717, 1.165) is 4.31 Å². The number of hydrogen-bond acceptors (Lipinski definition) is 6. The predicted octanol–water partition coefficient (Wildman–Crippen LogP) is -0.0600. The number of nitro groups is 1. The van der Waals surface area contributed by atoms with Gasteiger partial charge in [0.05, 0.1) is 5.75 Å². The van der Waals surface area contributed by atoms with E-state index in [1.807, 2.05) is 0 Å². The van der Waals surface area contributed by atoms with Crippen molar-refractivity contribution in [1.29, 1.82) is 0 Å². The summed E-state index contributed by atoms with van der Waals surface area (Å²) in [5.74, 6) is 0.227. The monoisotopic (exact) mass is 291 g/mol. The van der Waals surface area contributed by atoms with Crippen molar-refractivity contribution in [2.45, 2.75) is 6.92 Å². The van der Waals surface area contributed by atoms with Gasteiger partial charge in [-0.25, -0.2) is 12.7 Å². The topological polar surface area (TPSA) is 110 Å². The highest BCUT2D eigenvalue weighted by atomic mass is 32.2. The lowest BCUT2D eigenvalue weighted by Crippen LogP contribution is -2.28. The zero-order valence-electron chi connectivity index (χ0n) is 11.2. The van der Waals surface area contributed by atoms with Gasteiger partial charge in [-0.3, -0.25) is 4.57 Å². The van der Waals surface area contributed by atoms with Gasteiger partial charge in [0.1, 0.15) is 0 Å². The molecule has 0 spiro atoms. The number of rotatable bonds is 6. The van der Waals surface area contributed by atoms with Crippen LogP contribution in [0.1, 0.15) is 5.82 Å². The number of nitrogens with zero attached hydrogens (tertiary/aromatic N) is 4. The molecule has 0 amide bonds. The van der Waals surface area contributed by atoms with Crippen molar-refractivity contribution < 1.29 is 13.3 Å². The van der Waals surface area contributed by atoms with Crippen LogP contribution in [-0.4, -0.2) is 53.6 Å². The van der Waals surface area contributed by atoms with Gasteiger partial charge in [0.15, 0.2) is 0 Å². The van der Waals surface area contributed by atoms with E-state index in [1.54, 1.807) is 14.0 Å². The molecule has 0 aromatic carbocycles. The van der Waals surface area contributed by atoms with Crippen molar-refractivity contribution in [1.82, 2.24) is 13.9 Å². The molecule has 9 nitrogen and oxygen atoms in total. The van der Waals surface area contributed by atoms with Crippen LogP contribution in [0.3, 0.4) is 0 Å². The average molecular weight is 291 g/mol. The van der Waals surface area contributed by atoms with Crippen LogP contribution >= 0.6 is 0 Å². The fourth-order valence-corrected chi connectivity index (χ4v) is 2.12. The molecule has 1 N–H and O–H groups in total. The average Bonchev–Trinajstić information content (AvgIpc) is 2.57. The van der Waals surface area contributed by atoms with E-state index >= 15 is 0 Å². The number of aromatic nitrogens is 2. The van der Waals surface area contributed by atoms with Gasteiger partial charge < -0.3 is 15.4 Å². The predicted molar refractivity (Wildman–Crippen MR) is 70.6 cm³/mol. The number of aryl methyl sites for hydroxylation is 1. The summed E-state index contributed by atoms with van der Waals surface area (Å²) in [6.45, 7) is 1.70. The van der Waals surface area contributed by atoms with Crippen LogP contribution in [0, 0.1) is 17.0 Å². The molecule has 0 saturated heterocycles. The molecule has 0 saturated carbocycles. The maximum absolute atomic E-state index is 11.6. The van der Waals surface area contributed by atoms with Gasteiger partial charge in [-0.15, -0.1) is 0 Å².